The van der Waals surface area contributed by atoms with E-state index >= 15 is 0 Å². The number of hydrogen-bond acceptors (Lipinski definition) is 8. The van der Waals surface area contributed by atoms with Crippen LogP contribution < -0.4 is 25.3 Å². The number of carbonyl (C=O) groups is 1. The molecule has 2 aromatic heterocycles. The summed E-state index contributed by atoms with van der Waals surface area (Å²) in [6, 6.07) is 14.4. The zero-order chi connectivity index (χ0) is 25.7. The number of rotatable bonds is 10. The first-order valence-corrected chi connectivity index (χ1v) is 11.3. The predicted octanol–water partition coefficient (Wildman–Crippen LogP) is 3.89. The smallest absolute Gasteiger partial charge is 0.251 e. The number of hydrogen-bond donors (Lipinski definition) is 2. The van der Waals surface area contributed by atoms with Gasteiger partial charge < -0.3 is 34.4 Å². The maximum atomic E-state index is 12.7. The molecule has 1 amide bonds. The van der Waals surface area contributed by atoms with E-state index in [2.05, 4.69) is 10.3 Å². The largest absolute Gasteiger partial charge is 0.493 e. The summed E-state index contributed by atoms with van der Waals surface area (Å²) < 4.78 is 27.7. The van der Waals surface area contributed by atoms with Crippen molar-refractivity contribution in [2.75, 3.05) is 41.6 Å². The molecule has 188 valence electrons. The van der Waals surface area contributed by atoms with Crippen molar-refractivity contribution in [2.45, 2.75) is 6.04 Å². The van der Waals surface area contributed by atoms with Crippen molar-refractivity contribution in [3.05, 3.63) is 60.3 Å². The monoisotopic (exact) mass is 491 g/mol. The van der Waals surface area contributed by atoms with Crippen LogP contribution in [0.4, 0.5) is 0 Å². The standard InChI is InChI=1S/C27H29N3O6/c1-32-15-19(28)14-30-27(31)17-7-5-6-16(10-17)20-8-9-29-21-13-22(36-25(20)21)18-11-23(33-2)26(35-4)24(12-18)34-3/h5-13,19H,14-15,28H2,1-4H3,(H,30,31)/t19-/m0/s1. The first-order chi connectivity index (χ1) is 17.5. The number of fused-ring (bicyclic) bond motifs is 1. The van der Waals surface area contributed by atoms with Crippen LogP contribution in [0.5, 0.6) is 17.2 Å². The fourth-order valence-corrected chi connectivity index (χ4v) is 3.96. The van der Waals surface area contributed by atoms with Gasteiger partial charge in [-0.2, -0.15) is 0 Å². The topological polar surface area (TPSA) is 118 Å². The molecule has 4 aromatic rings. The van der Waals surface area contributed by atoms with Gasteiger partial charge in [-0.3, -0.25) is 9.78 Å². The number of amides is 1. The fraction of sp³-hybridized carbons (Fsp3) is 0.259. The molecule has 9 nitrogen and oxygen atoms in total. The van der Waals surface area contributed by atoms with Crippen LogP contribution in [0.1, 0.15) is 10.4 Å². The van der Waals surface area contributed by atoms with Crippen molar-refractivity contribution in [1.82, 2.24) is 10.3 Å². The van der Waals surface area contributed by atoms with Crippen molar-refractivity contribution in [2.24, 2.45) is 5.73 Å². The molecule has 1 atom stereocenters. The minimum atomic E-state index is -0.279. The summed E-state index contributed by atoms with van der Waals surface area (Å²) in [6.45, 7) is 0.675. The average Bonchev–Trinajstić information content (AvgIpc) is 3.35. The first kappa shape index (κ1) is 25.0. The third-order valence-electron chi connectivity index (χ3n) is 5.70. The van der Waals surface area contributed by atoms with Crippen LogP contribution in [-0.2, 0) is 4.74 Å². The molecule has 0 aliphatic rings. The second-order valence-electron chi connectivity index (χ2n) is 8.10. The molecule has 2 heterocycles. The number of ether oxygens (including phenoxy) is 4. The summed E-state index contributed by atoms with van der Waals surface area (Å²) in [5.74, 6) is 1.90. The number of nitrogens with one attached hydrogen (secondary N) is 1. The van der Waals surface area contributed by atoms with Crippen molar-refractivity contribution in [1.29, 1.82) is 0 Å². The number of nitrogens with two attached hydrogens (primary N) is 1. The molecule has 36 heavy (non-hydrogen) atoms. The Hall–Kier alpha value is -4.08. The average molecular weight is 492 g/mol. The van der Waals surface area contributed by atoms with Crippen molar-refractivity contribution in [3.63, 3.8) is 0 Å². The van der Waals surface area contributed by atoms with Crippen LogP contribution in [0.25, 0.3) is 33.6 Å². The van der Waals surface area contributed by atoms with E-state index < -0.39 is 0 Å². The molecule has 0 bridgehead atoms. The third-order valence-corrected chi connectivity index (χ3v) is 5.70. The molecule has 9 heteroatoms. The normalized spacial score (nSPS) is 11.8. The number of aromatic nitrogens is 1. The Kier molecular flexibility index (Phi) is 7.72. The summed E-state index contributed by atoms with van der Waals surface area (Å²) in [7, 11) is 6.25. The van der Waals surface area contributed by atoms with Gasteiger partial charge in [-0.1, -0.05) is 12.1 Å². The molecule has 3 N–H and O–H groups in total. The van der Waals surface area contributed by atoms with E-state index in [9.17, 15) is 4.79 Å². The minimum Gasteiger partial charge on any atom is -0.493 e. The Balaban J connectivity index is 1.69. The van der Waals surface area contributed by atoms with Gasteiger partial charge in [0.2, 0.25) is 5.75 Å². The Bertz CT molecular complexity index is 1340. The maximum absolute atomic E-state index is 12.7. The minimum absolute atomic E-state index is 0.216. The highest BCUT2D eigenvalue weighted by Gasteiger charge is 2.18. The van der Waals surface area contributed by atoms with E-state index in [1.165, 1.54) is 0 Å². The lowest BCUT2D eigenvalue weighted by atomic mass is 10.0. The Morgan fingerprint density at radius 2 is 1.75 bits per heavy atom. The van der Waals surface area contributed by atoms with Gasteiger partial charge >= 0.3 is 0 Å². The van der Waals surface area contributed by atoms with Crippen molar-refractivity contribution >= 4 is 17.0 Å². The zero-order valence-corrected chi connectivity index (χ0v) is 20.7. The highest BCUT2D eigenvalue weighted by Crippen LogP contribution is 2.42. The highest BCUT2D eigenvalue weighted by atomic mass is 16.5. The van der Waals surface area contributed by atoms with E-state index in [-0.39, 0.29) is 11.9 Å². The number of benzene rings is 2. The highest BCUT2D eigenvalue weighted by molar-refractivity contribution is 5.98. The van der Waals surface area contributed by atoms with Gasteiger partial charge in [0.15, 0.2) is 17.1 Å². The van der Waals surface area contributed by atoms with Gasteiger partial charge in [0, 0.05) is 48.6 Å². The Morgan fingerprint density at radius 1 is 1.00 bits per heavy atom. The second kappa shape index (κ2) is 11.1. The molecule has 0 unspecified atom stereocenters. The molecule has 0 spiro atoms. The van der Waals surface area contributed by atoms with Gasteiger partial charge in [-0.15, -0.1) is 0 Å². The first-order valence-electron chi connectivity index (χ1n) is 11.3. The molecule has 0 aliphatic heterocycles. The lowest BCUT2D eigenvalue weighted by Gasteiger charge is -2.13. The number of pyridine rings is 1. The SMILES string of the molecule is COC[C@@H](N)CNC(=O)c1cccc(-c2ccnc3cc(-c4cc(OC)c(OC)c(OC)c4)oc23)c1. The van der Waals surface area contributed by atoms with E-state index in [1.807, 2.05) is 42.5 Å². The Labute approximate surface area is 209 Å². The molecule has 0 aliphatic carbocycles. The van der Waals surface area contributed by atoms with E-state index in [1.54, 1.807) is 40.7 Å². The van der Waals surface area contributed by atoms with Crippen LogP contribution >= 0.6 is 0 Å². The van der Waals surface area contributed by atoms with Gasteiger partial charge in [-0.25, -0.2) is 0 Å². The molecule has 0 radical (unpaired) electrons. The van der Waals surface area contributed by atoms with Crippen LogP contribution in [-0.4, -0.2) is 58.5 Å². The molecule has 4 rings (SSSR count). The number of carbonyl (C=O) groups excluding carboxylic acids is 1. The summed E-state index contributed by atoms with van der Waals surface area (Å²) >= 11 is 0. The van der Waals surface area contributed by atoms with E-state index in [0.29, 0.717) is 52.8 Å². The van der Waals surface area contributed by atoms with Crippen LogP contribution in [0.2, 0.25) is 0 Å². The predicted molar refractivity (Wildman–Crippen MR) is 137 cm³/mol. The molecular formula is C27H29N3O6. The second-order valence-corrected chi connectivity index (χ2v) is 8.10. The van der Waals surface area contributed by atoms with Gasteiger partial charge in [-0.05, 0) is 35.9 Å². The number of furan rings is 1. The lowest BCUT2D eigenvalue weighted by Crippen LogP contribution is -2.39. The van der Waals surface area contributed by atoms with Crippen LogP contribution in [0.15, 0.2) is 59.1 Å². The molecule has 0 fully saturated rings. The van der Waals surface area contributed by atoms with Crippen LogP contribution in [0, 0.1) is 0 Å². The van der Waals surface area contributed by atoms with Crippen molar-refractivity contribution < 1.29 is 28.2 Å². The fourth-order valence-electron chi connectivity index (χ4n) is 3.96. The van der Waals surface area contributed by atoms with Gasteiger partial charge in [0.1, 0.15) is 11.3 Å². The quantitative estimate of drug-likeness (QED) is 0.343. The molecule has 0 saturated heterocycles. The zero-order valence-electron chi connectivity index (χ0n) is 20.7. The van der Waals surface area contributed by atoms with Crippen LogP contribution in [0.3, 0.4) is 0 Å². The lowest BCUT2D eigenvalue weighted by molar-refractivity contribution is 0.0943. The maximum Gasteiger partial charge on any atom is 0.251 e. The summed E-state index contributed by atoms with van der Waals surface area (Å²) in [5, 5.41) is 2.84. The van der Waals surface area contributed by atoms with Crippen molar-refractivity contribution in [3.8, 4) is 39.7 Å². The van der Waals surface area contributed by atoms with E-state index in [0.717, 1.165) is 16.7 Å². The van der Waals surface area contributed by atoms with Gasteiger partial charge in [0.05, 0.1) is 27.9 Å². The summed E-state index contributed by atoms with van der Waals surface area (Å²) in [5.41, 5.74) is 10.1. The third kappa shape index (κ3) is 5.12. The number of methoxy groups -OCH3 is 4. The number of nitrogens with zero attached hydrogens (tertiary/aromatic N) is 1. The molecule has 0 saturated carbocycles. The van der Waals surface area contributed by atoms with Gasteiger partial charge in [0.25, 0.3) is 5.91 Å². The Morgan fingerprint density at radius 3 is 2.42 bits per heavy atom. The van der Waals surface area contributed by atoms with E-state index in [4.69, 9.17) is 29.1 Å². The molecule has 2 aromatic carbocycles. The molecular weight excluding hydrogens is 462 g/mol. The summed E-state index contributed by atoms with van der Waals surface area (Å²) in [4.78, 5) is 17.2. The summed E-state index contributed by atoms with van der Waals surface area (Å²) in [6.07, 6.45) is 1.71.